The van der Waals surface area contributed by atoms with E-state index in [4.69, 9.17) is 9.47 Å². The van der Waals surface area contributed by atoms with Crippen molar-refractivity contribution in [3.05, 3.63) is 0 Å². The van der Waals surface area contributed by atoms with Gasteiger partial charge in [-0.1, -0.05) is 200 Å². The highest BCUT2D eigenvalue weighted by atomic mass is 32.3. The number of amides is 1. The molecular formula is C44H87NO11S. The summed E-state index contributed by atoms with van der Waals surface area (Å²) < 4.78 is 47.6. The summed E-state index contributed by atoms with van der Waals surface area (Å²) in [5, 5.41) is 44.8. The molecule has 1 rings (SSSR count). The zero-order valence-electron chi connectivity index (χ0n) is 36.2. The SMILES string of the molecule is CCCCCCCCCCCCCCCCCCCCC(=O)NC(COC1OC(CO)C(O)C(OS(=O)(=O)O)C1O)C(O)CCCCCCCCCCCCCC. The summed E-state index contributed by atoms with van der Waals surface area (Å²) in [4.78, 5) is 13.0. The maximum atomic E-state index is 13.0. The third kappa shape index (κ3) is 29.1. The highest BCUT2D eigenvalue weighted by molar-refractivity contribution is 7.80. The molecule has 0 aromatic carbocycles. The van der Waals surface area contributed by atoms with Crippen LogP contribution in [-0.2, 0) is 28.9 Å². The molecule has 1 saturated heterocycles. The molecule has 13 heteroatoms. The minimum atomic E-state index is -5.07. The number of rotatable bonds is 40. The fraction of sp³-hybridized carbons (Fsp3) is 0.977. The topological polar surface area (TPSA) is 192 Å². The molecule has 6 N–H and O–H groups in total. The number of hydrogen-bond acceptors (Lipinski definition) is 10. The van der Waals surface area contributed by atoms with Crippen molar-refractivity contribution in [2.45, 2.75) is 262 Å². The van der Waals surface area contributed by atoms with E-state index < -0.39 is 59.9 Å². The Labute approximate surface area is 347 Å². The van der Waals surface area contributed by atoms with Crippen LogP contribution in [0.3, 0.4) is 0 Å². The van der Waals surface area contributed by atoms with Crippen LogP contribution in [0.2, 0.25) is 0 Å². The summed E-state index contributed by atoms with van der Waals surface area (Å²) in [6.45, 7) is 3.45. The van der Waals surface area contributed by atoms with E-state index >= 15 is 0 Å². The van der Waals surface area contributed by atoms with E-state index in [2.05, 4.69) is 23.3 Å². The number of aliphatic hydroxyl groups excluding tert-OH is 4. The first kappa shape index (κ1) is 54.1. The fourth-order valence-electron chi connectivity index (χ4n) is 7.75. The van der Waals surface area contributed by atoms with Crippen molar-refractivity contribution >= 4 is 16.3 Å². The van der Waals surface area contributed by atoms with Gasteiger partial charge in [0.2, 0.25) is 5.91 Å². The van der Waals surface area contributed by atoms with Crippen LogP contribution in [0.25, 0.3) is 0 Å². The highest BCUT2D eigenvalue weighted by Gasteiger charge is 2.48. The molecule has 0 aliphatic carbocycles. The monoisotopic (exact) mass is 838 g/mol. The summed E-state index contributed by atoms with van der Waals surface area (Å²) >= 11 is 0. The van der Waals surface area contributed by atoms with Crippen LogP contribution in [-0.4, -0.2) is 95.4 Å². The molecule has 12 nitrogen and oxygen atoms in total. The van der Waals surface area contributed by atoms with E-state index in [1.807, 2.05) is 0 Å². The van der Waals surface area contributed by atoms with Crippen molar-refractivity contribution in [3.63, 3.8) is 0 Å². The van der Waals surface area contributed by atoms with E-state index in [1.165, 1.54) is 141 Å². The van der Waals surface area contributed by atoms with Crippen LogP contribution >= 0.6 is 0 Å². The lowest BCUT2D eigenvalue weighted by Gasteiger charge is -2.41. The van der Waals surface area contributed by atoms with Gasteiger partial charge >= 0.3 is 10.4 Å². The van der Waals surface area contributed by atoms with E-state index in [-0.39, 0.29) is 12.5 Å². The van der Waals surface area contributed by atoms with E-state index in [9.17, 15) is 38.2 Å². The van der Waals surface area contributed by atoms with Crippen molar-refractivity contribution in [2.24, 2.45) is 0 Å². The Morgan fingerprint density at radius 2 is 1.02 bits per heavy atom. The van der Waals surface area contributed by atoms with Crippen molar-refractivity contribution in [1.82, 2.24) is 5.32 Å². The quantitative estimate of drug-likeness (QED) is 0.0255. The second-order valence-corrected chi connectivity index (χ2v) is 17.8. The summed E-state index contributed by atoms with van der Waals surface area (Å²) in [7, 11) is -5.07. The average molecular weight is 838 g/mol. The van der Waals surface area contributed by atoms with Gasteiger partial charge in [-0.25, -0.2) is 4.18 Å². The molecular weight excluding hydrogens is 751 g/mol. The highest BCUT2D eigenvalue weighted by Crippen LogP contribution is 2.26. The predicted octanol–water partition coefficient (Wildman–Crippen LogP) is 9.00. The maximum Gasteiger partial charge on any atom is 0.397 e. The Balaban J connectivity index is 2.45. The average Bonchev–Trinajstić information content (AvgIpc) is 3.18. The van der Waals surface area contributed by atoms with Gasteiger partial charge in [0.25, 0.3) is 0 Å². The molecule has 0 bridgehead atoms. The molecule has 7 atom stereocenters. The Kier molecular flexibility index (Phi) is 34.0. The van der Waals surface area contributed by atoms with E-state index in [0.29, 0.717) is 12.8 Å². The molecule has 1 aliphatic rings. The Morgan fingerprint density at radius 3 is 1.40 bits per heavy atom. The van der Waals surface area contributed by atoms with E-state index in [0.717, 1.165) is 51.4 Å². The third-order valence-electron chi connectivity index (χ3n) is 11.4. The lowest BCUT2D eigenvalue weighted by molar-refractivity contribution is -0.298. The maximum absolute atomic E-state index is 13.0. The number of ether oxygens (including phenoxy) is 2. The molecule has 1 fully saturated rings. The van der Waals surface area contributed by atoms with Gasteiger partial charge < -0.3 is 35.2 Å². The fourth-order valence-corrected chi connectivity index (χ4v) is 8.26. The van der Waals surface area contributed by atoms with Crippen molar-refractivity contribution in [1.29, 1.82) is 0 Å². The van der Waals surface area contributed by atoms with Crippen LogP contribution in [0.1, 0.15) is 219 Å². The normalized spacial score (nSPS) is 21.1. The molecule has 57 heavy (non-hydrogen) atoms. The zero-order valence-corrected chi connectivity index (χ0v) is 37.0. The first-order chi connectivity index (χ1) is 27.5. The van der Waals surface area contributed by atoms with Crippen LogP contribution in [0.4, 0.5) is 0 Å². The second-order valence-electron chi connectivity index (χ2n) is 16.7. The molecule has 0 spiro atoms. The van der Waals surface area contributed by atoms with Crippen molar-refractivity contribution in [2.75, 3.05) is 13.2 Å². The standard InChI is InChI=1S/C44H87NO11S/c1-3-5-7-9-11-13-15-17-18-19-20-21-22-24-26-28-30-32-34-40(48)45-37(38(47)33-31-29-27-25-23-16-14-12-10-8-6-4-2)36-54-44-42(50)43(56-57(51,52)53)41(49)39(35-46)55-44/h37-39,41-44,46-47,49-50H,3-36H2,1-2H3,(H,45,48)(H,51,52,53). The Morgan fingerprint density at radius 1 is 0.632 bits per heavy atom. The van der Waals surface area contributed by atoms with Gasteiger partial charge in [0.15, 0.2) is 6.29 Å². The van der Waals surface area contributed by atoms with Crippen molar-refractivity contribution in [3.8, 4) is 0 Å². The first-order valence-electron chi connectivity index (χ1n) is 23.4. The summed E-state index contributed by atoms with van der Waals surface area (Å²) in [5.74, 6) is -0.227. The minimum Gasteiger partial charge on any atom is -0.394 e. The van der Waals surface area contributed by atoms with Gasteiger partial charge in [0, 0.05) is 6.42 Å². The number of carbonyl (C=O) groups excluding carboxylic acids is 1. The van der Waals surface area contributed by atoms with Crippen LogP contribution < -0.4 is 5.32 Å². The third-order valence-corrected chi connectivity index (χ3v) is 11.9. The van der Waals surface area contributed by atoms with Crippen LogP contribution in [0.5, 0.6) is 0 Å². The summed E-state index contributed by atoms with van der Waals surface area (Å²) in [5.41, 5.74) is 0. The van der Waals surface area contributed by atoms with Gasteiger partial charge in [-0.05, 0) is 12.8 Å². The molecule has 0 aromatic heterocycles. The van der Waals surface area contributed by atoms with Gasteiger partial charge in [-0.3, -0.25) is 9.35 Å². The Bertz CT molecular complexity index is 1040. The lowest BCUT2D eigenvalue weighted by atomic mass is 9.99. The van der Waals surface area contributed by atoms with E-state index in [1.54, 1.807) is 0 Å². The smallest absolute Gasteiger partial charge is 0.394 e. The van der Waals surface area contributed by atoms with Gasteiger partial charge in [0.05, 0.1) is 25.4 Å². The molecule has 7 unspecified atom stereocenters. The first-order valence-corrected chi connectivity index (χ1v) is 24.8. The number of aliphatic hydroxyl groups is 4. The molecule has 1 amide bonds. The second kappa shape index (κ2) is 35.8. The lowest BCUT2D eigenvalue weighted by Crippen LogP contribution is -2.61. The number of hydrogen-bond donors (Lipinski definition) is 6. The number of carbonyl (C=O) groups is 1. The van der Waals surface area contributed by atoms with Crippen molar-refractivity contribution < 1.29 is 51.8 Å². The molecule has 340 valence electrons. The minimum absolute atomic E-state index is 0.227. The number of nitrogens with one attached hydrogen (secondary N) is 1. The van der Waals surface area contributed by atoms with Crippen LogP contribution in [0, 0.1) is 0 Å². The van der Waals surface area contributed by atoms with Crippen LogP contribution in [0.15, 0.2) is 0 Å². The number of unbranched alkanes of at least 4 members (excludes halogenated alkanes) is 28. The molecule has 0 saturated carbocycles. The van der Waals surface area contributed by atoms with Gasteiger partial charge in [0.1, 0.15) is 24.4 Å². The van der Waals surface area contributed by atoms with Gasteiger partial charge in [-0.15, -0.1) is 0 Å². The molecule has 1 heterocycles. The molecule has 0 aromatic rings. The zero-order chi connectivity index (χ0) is 42.0. The predicted molar refractivity (Wildman–Crippen MR) is 227 cm³/mol. The largest absolute Gasteiger partial charge is 0.397 e. The Hall–Kier alpha value is -0.900. The molecule has 0 radical (unpaired) electrons. The summed E-state index contributed by atoms with van der Waals surface area (Å²) in [6, 6.07) is -0.850. The molecule has 1 aliphatic heterocycles. The van der Waals surface area contributed by atoms with Gasteiger partial charge in [-0.2, -0.15) is 8.42 Å². The summed E-state index contributed by atoms with van der Waals surface area (Å²) in [6.07, 6.45) is 28.2.